The summed E-state index contributed by atoms with van der Waals surface area (Å²) in [5.74, 6) is 0.615. The first-order valence-electron chi connectivity index (χ1n) is 10.2. The van der Waals surface area contributed by atoms with Crippen molar-refractivity contribution in [3.63, 3.8) is 0 Å². The van der Waals surface area contributed by atoms with Crippen molar-refractivity contribution in [3.05, 3.63) is 80.1 Å². The van der Waals surface area contributed by atoms with Crippen LogP contribution >= 0.6 is 23.2 Å². The number of phenolic OH excluding ortho intramolecular Hbond substituents is 1. The third-order valence-corrected chi connectivity index (χ3v) is 6.95. The van der Waals surface area contributed by atoms with Crippen molar-refractivity contribution < 1.29 is 19.2 Å². The maximum Gasteiger partial charge on any atom is 0.233 e. The number of halogens is 2. The van der Waals surface area contributed by atoms with Crippen LogP contribution in [0.25, 0.3) is 0 Å². The van der Waals surface area contributed by atoms with Gasteiger partial charge >= 0.3 is 0 Å². The summed E-state index contributed by atoms with van der Waals surface area (Å²) in [5, 5.41) is 18.3. The number of hydrogen-bond donors (Lipinski definition) is 2. The summed E-state index contributed by atoms with van der Waals surface area (Å²) in [7, 11) is 1.50. The average molecular weight is 471 g/mol. The molecule has 164 valence electrons. The summed E-state index contributed by atoms with van der Waals surface area (Å²) in [6, 6.07) is 10.6. The minimum absolute atomic E-state index is 0.0399. The highest BCUT2D eigenvalue weighted by Crippen LogP contribution is 2.50. The summed E-state index contributed by atoms with van der Waals surface area (Å²) in [5.41, 5.74) is 4.83. The quantitative estimate of drug-likeness (QED) is 0.490. The molecule has 3 aromatic rings. The number of aromatic nitrogens is 1. The molecule has 2 aliphatic rings. The predicted octanol–water partition coefficient (Wildman–Crippen LogP) is 5.96. The van der Waals surface area contributed by atoms with Crippen molar-refractivity contribution in [2.45, 2.75) is 31.6 Å². The summed E-state index contributed by atoms with van der Waals surface area (Å²) in [4.78, 5) is 13.5. The van der Waals surface area contributed by atoms with Crippen LogP contribution < -0.4 is 10.1 Å². The van der Waals surface area contributed by atoms with E-state index >= 15 is 0 Å². The number of allylic oxidation sites excluding steroid dienone is 2. The molecule has 8 heteroatoms. The van der Waals surface area contributed by atoms with Crippen molar-refractivity contribution in [1.82, 2.24) is 5.16 Å². The minimum atomic E-state index is -0.343. The molecule has 1 aromatic heterocycles. The lowest BCUT2D eigenvalue weighted by molar-refractivity contribution is -0.116. The molecule has 0 fully saturated rings. The van der Waals surface area contributed by atoms with Gasteiger partial charge in [0.15, 0.2) is 17.3 Å². The second-order valence-corrected chi connectivity index (χ2v) is 8.91. The number of ether oxygens (including phenoxy) is 1. The molecule has 0 spiro atoms. The van der Waals surface area contributed by atoms with Gasteiger partial charge in [-0.3, -0.25) is 4.79 Å². The first kappa shape index (κ1) is 20.9. The first-order chi connectivity index (χ1) is 15.4. The molecule has 32 heavy (non-hydrogen) atoms. The fraction of sp³-hybridized carbons (Fsp3) is 0.250. The van der Waals surface area contributed by atoms with Crippen molar-refractivity contribution in [1.29, 1.82) is 0 Å². The third kappa shape index (κ3) is 3.34. The Balaban J connectivity index is 1.60. The topological polar surface area (TPSA) is 84.6 Å². The van der Waals surface area contributed by atoms with Crippen LogP contribution in [0.2, 0.25) is 10.0 Å². The van der Waals surface area contributed by atoms with Crippen LogP contribution in [-0.2, 0) is 4.79 Å². The largest absolute Gasteiger partial charge is 0.504 e. The third-order valence-electron chi connectivity index (χ3n) is 6.21. The van der Waals surface area contributed by atoms with Crippen molar-refractivity contribution in [2.75, 3.05) is 12.4 Å². The summed E-state index contributed by atoms with van der Waals surface area (Å²) in [6.07, 6.45) is 0.942. The van der Waals surface area contributed by atoms with E-state index < -0.39 is 0 Å². The van der Waals surface area contributed by atoms with Crippen LogP contribution in [0.5, 0.6) is 11.5 Å². The Hall–Kier alpha value is -2.96. The molecule has 2 N–H and O–H groups in total. The molecule has 0 saturated heterocycles. The molecular weight excluding hydrogens is 451 g/mol. The van der Waals surface area contributed by atoms with Gasteiger partial charge in [-0.2, -0.15) is 0 Å². The highest BCUT2D eigenvalue weighted by molar-refractivity contribution is 6.42. The van der Waals surface area contributed by atoms with Gasteiger partial charge in [0.25, 0.3) is 0 Å². The van der Waals surface area contributed by atoms with Crippen LogP contribution in [-0.4, -0.2) is 23.2 Å². The summed E-state index contributed by atoms with van der Waals surface area (Å²) >= 11 is 12.4. The Morgan fingerprint density at radius 1 is 1.12 bits per heavy atom. The molecule has 5 rings (SSSR count). The maximum atomic E-state index is 13.5. The molecule has 0 saturated carbocycles. The van der Waals surface area contributed by atoms with Gasteiger partial charge in [-0.1, -0.05) is 40.5 Å². The number of ketones is 1. The van der Waals surface area contributed by atoms with E-state index in [-0.39, 0.29) is 23.4 Å². The molecule has 0 radical (unpaired) electrons. The van der Waals surface area contributed by atoms with Gasteiger partial charge in [-0.25, -0.2) is 0 Å². The molecule has 1 aliphatic heterocycles. The number of nitrogens with one attached hydrogen (secondary N) is 1. The number of benzene rings is 2. The lowest BCUT2D eigenvalue weighted by Gasteiger charge is -2.34. The number of carbonyl (C=O) groups excluding carboxylic acids is 1. The number of fused-ring (bicyclic) bond motifs is 1. The fourth-order valence-electron chi connectivity index (χ4n) is 4.68. The number of hydrogen-bond acceptors (Lipinski definition) is 6. The molecule has 0 unspecified atom stereocenters. The number of nitrogens with zero attached hydrogens (tertiary/aromatic N) is 1. The maximum absolute atomic E-state index is 13.5. The number of aromatic hydroxyl groups is 1. The van der Waals surface area contributed by atoms with E-state index in [1.54, 1.807) is 24.3 Å². The molecule has 2 aromatic carbocycles. The van der Waals surface area contributed by atoms with Crippen molar-refractivity contribution >= 4 is 34.9 Å². The molecule has 2 atom stereocenters. The smallest absolute Gasteiger partial charge is 0.233 e. The van der Waals surface area contributed by atoms with Gasteiger partial charge in [-0.15, -0.1) is 0 Å². The predicted molar refractivity (Wildman–Crippen MR) is 122 cm³/mol. The van der Waals surface area contributed by atoms with E-state index in [0.29, 0.717) is 45.8 Å². The van der Waals surface area contributed by atoms with E-state index in [2.05, 4.69) is 10.5 Å². The molecule has 2 heterocycles. The van der Waals surface area contributed by atoms with Gasteiger partial charge in [-0.05, 0) is 54.7 Å². The molecule has 0 amide bonds. The second-order valence-electron chi connectivity index (χ2n) is 8.09. The lowest BCUT2D eigenvalue weighted by Crippen LogP contribution is -2.29. The Labute approximate surface area is 194 Å². The number of rotatable bonds is 3. The van der Waals surface area contributed by atoms with Crippen LogP contribution in [0.4, 0.5) is 5.88 Å². The van der Waals surface area contributed by atoms with Crippen LogP contribution in [0, 0.1) is 6.92 Å². The van der Waals surface area contributed by atoms with Crippen LogP contribution in [0.1, 0.15) is 47.1 Å². The Bertz CT molecular complexity index is 1280. The second kappa shape index (κ2) is 7.87. The number of phenols is 1. The summed E-state index contributed by atoms with van der Waals surface area (Å²) < 4.78 is 10.8. The highest BCUT2D eigenvalue weighted by Gasteiger charge is 2.41. The zero-order chi connectivity index (χ0) is 22.6. The lowest BCUT2D eigenvalue weighted by atomic mass is 9.72. The van der Waals surface area contributed by atoms with E-state index in [0.717, 1.165) is 22.4 Å². The van der Waals surface area contributed by atoms with E-state index in [1.807, 2.05) is 19.1 Å². The van der Waals surface area contributed by atoms with Gasteiger partial charge < -0.3 is 19.7 Å². The van der Waals surface area contributed by atoms with Gasteiger partial charge in [0.05, 0.1) is 28.4 Å². The van der Waals surface area contributed by atoms with Gasteiger partial charge in [0, 0.05) is 23.6 Å². The Morgan fingerprint density at radius 2 is 1.91 bits per heavy atom. The van der Waals surface area contributed by atoms with E-state index in [4.69, 9.17) is 32.5 Å². The van der Waals surface area contributed by atoms with Crippen LogP contribution in [0.15, 0.2) is 52.2 Å². The van der Waals surface area contributed by atoms with Gasteiger partial charge in [0.2, 0.25) is 5.88 Å². The summed E-state index contributed by atoms with van der Waals surface area (Å²) in [6.45, 7) is 1.86. The Morgan fingerprint density at radius 3 is 2.66 bits per heavy atom. The number of carbonyl (C=O) groups is 1. The zero-order valence-electron chi connectivity index (χ0n) is 17.4. The van der Waals surface area contributed by atoms with Crippen LogP contribution in [0.3, 0.4) is 0 Å². The number of aryl methyl sites for hydroxylation is 1. The molecule has 0 bridgehead atoms. The number of methoxy groups -OCH3 is 1. The SMILES string of the molecule is COc1cc([C@H]2CC(=O)C3=C(C2)Nc2onc(C)c2[C@@H]3c2ccc(Cl)c(Cl)c2)ccc1O. The number of anilines is 1. The van der Waals surface area contributed by atoms with Gasteiger partial charge in [0.1, 0.15) is 0 Å². The van der Waals surface area contributed by atoms with Crippen molar-refractivity contribution in [3.8, 4) is 11.5 Å². The monoisotopic (exact) mass is 470 g/mol. The van der Waals surface area contributed by atoms with E-state index in [1.165, 1.54) is 7.11 Å². The normalized spacial score (nSPS) is 19.9. The standard InChI is InChI=1S/C24H20Cl2N2O4/c1-11-21-22(13-3-5-15(25)16(26)7-13)23-17(27-24(21)32-28-11)8-14(9-19(23)30)12-4-6-18(29)20(10-12)31-2/h3-7,10,14,22,27,29H,8-9H2,1-2H3/t14-,22+/m1/s1. The Kier molecular flexibility index (Phi) is 5.14. The average Bonchev–Trinajstić information content (AvgIpc) is 3.14. The fourth-order valence-corrected chi connectivity index (χ4v) is 4.99. The minimum Gasteiger partial charge on any atom is -0.504 e. The zero-order valence-corrected chi connectivity index (χ0v) is 18.9. The number of Topliss-reactive ketones (excluding diaryl/α,β-unsaturated/α-hetero) is 1. The molecular formula is C24H20Cl2N2O4. The van der Waals surface area contributed by atoms with Crippen molar-refractivity contribution in [2.24, 2.45) is 0 Å². The molecule has 6 nitrogen and oxygen atoms in total. The van der Waals surface area contributed by atoms with E-state index in [9.17, 15) is 9.90 Å². The molecule has 1 aliphatic carbocycles. The highest BCUT2D eigenvalue weighted by atomic mass is 35.5. The first-order valence-corrected chi connectivity index (χ1v) is 10.9.